The van der Waals surface area contributed by atoms with Crippen molar-refractivity contribution in [2.45, 2.75) is 119 Å². The molecule has 0 aromatic heterocycles. The lowest BCUT2D eigenvalue weighted by molar-refractivity contribution is -0.210. The molecule has 9 atom stereocenters. The minimum Gasteiger partial charge on any atom is -0.478 e. The first-order valence-electron chi connectivity index (χ1n) is 17.4. The number of carboxylic acids is 1. The van der Waals surface area contributed by atoms with Crippen LogP contribution >= 0.6 is 0 Å². The number of ketones is 1. The quantitative estimate of drug-likeness (QED) is 0.324. The van der Waals surface area contributed by atoms with Crippen LogP contribution in [0.4, 0.5) is 5.69 Å². The number of rotatable bonds is 4. The van der Waals surface area contributed by atoms with Gasteiger partial charge in [0.1, 0.15) is 6.10 Å². The molecule has 4 fully saturated rings. The number of carboxylic acid groups (broad SMARTS) is 1. The largest absolute Gasteiger partial charge is 0.478 e. The van der Waals surface area contributed by atoms with Crippen LogP contribution in [0.5, 0.6) is 0 Å². The zero-order chi connectivity index (χ0) is 33.7. The van der Waals surface area contributed by atoms with Crippen molar-refractivity contribution in [3.05, 3.63) is 41.5 Å². The third kappa shape index (κ3) is 4.57. The van der Waals surface area contributed by atoms with Gasteiger partial charge in [-0.15, -0.1) is 0 Å². The lowest BCUT2D eigenvalue weighted by atomic mass is 9.33. The van der Waals surface area contributed by atoms with E-state index in [2.05, 4.69) is 46.9 Å². The highest BCUT2D eigenvalue weighted by atomic mass is 16.5. The monoisotopic (exact) mass is 631 g/mol. The molecule has 7 heteroatoms. The SMILES string of the molecule is CC(=O)O[C@@H]1CC[C@]2(C)[C@H](CC[C@]3(C)[C@@H]2C(=O)C=C2[C@@H]4C[C@](C)(C(=O)Nc5ccccc5C(=O)O)CC[C@]4(C)CC[C@@]23C)C1(C)C. The Kier molecular flexibility index (Phi) is 7.54. The van der Waals surface area contributed by atoms with E-state index in [9.17, 15) is 24.3 Å². The Labute approximate surface area is 274 Å². The molecule has 0 bridgehead atoms. The zero-order valence-electron chi connectivity index (χ0n) is 29.0. The number of fused-ring (bicyclic) bond motifs is 7. The van der Waals surface area contributed by atoms with Crippen LogP contribution in [0, 0.1) is 50.2 Å². The first kappa shape index (κ1) is 33.0. The summed E-state index contributed by atoms with van der Waals surface area (Å²) in [7, 11) is 0. The van der Waals surface area contributed by atoms with Crippen molar-refractivity contribution in [1.82, 2.24) is 0 Å². The normalized spacial score (nSPS) is 42.7. The van der Waals surface area contributed by atoms with E-state index < -0.39 is 11.4 Å². The number of esters is 1. The van der Waals surface area contributed by atoms with Gasteiger partial charge in [-0.2, -0.15) is 0 Å². The van der Waals surface area contributed by atoms with Crippen molar-refractivity contribution in [3.8, 4) is 0 Å². The molecule has 0 aliphatic heterocycles. The summed E-state index contributed by atoms with van der Waals surface area (Å²) in [6.45, 7) is 17.5. The van der Waals surface area contributed by atoms with Gasteiger partial charge in [0.15, 0.2) is 5.78 Å². The maximum Gasteiger partial charge on any atom is 0.337 e. The molecule has 0 heterocycles. The summed E-state index contributed by atoms with van der Waals surface area (Å²) in [4.78, 5) is 52.5. The molecule has 46 heavy (non-hydrogen) atoms. The molecule has 1 amide bonds. The maximum atomic E-state index is 14.7. The van der Waals surface area contributed by atoms with Crippen LogP contribution in [0.1, 0.15) is 124 Å². The standard InChI is InChI=1S/C39H53NO6/c1-23(41)46-30-14-15-37(6)29(34(30,2)3)13-16-39(8)31(37)28(42)21-25-26-22-36(5,18-17-35(26,4)19-20-38(25,39)7)33(45)40-27-12-10-9-11-24(27)32(43)44/h9-12,21,26,29-31H,13-20,22H2,1-8H3,(H,40,45)(H,43,44)/t26-,29+,30+,31+,35+,36+,37+,38-,39+/m0/s1. The van der Waals surface area contributed by atoms with Crippen molar-refractivity contribution in [2.75, 3.05) is 5.32 Å². The van der Waals surface area contributed by atoms with Gasteiger partial charge in [-0.25, -0.2) is 4.79 Å². The second kappa shape index (κ2) is 10.5. The van der Waals surface area contributed by atoms with E-state index >= 15 is 0 Å². The fraction of sp³-hybridized carbons (Fsp3) is 0.692. The van der Waals surface area contributed by atoms with E-state index in [1.54, 1.807) is 18.2 Å². The molecule has 5 aliphatic carbocycles. The van der Waals surface area contributed by atoms with E-state index in [4.69, 9.17) is 4.74 Å². The van der Waals surface area contributed by atoms with Crippen molar-refractivity contribution < 1.29 is 29.0 Å². The highest BCUT2D eigenvalue weighted by molar-refractivity contribution is 6.02. The number of anilines is 1. The predicted octanol–water partition coefficient (Wildman–Crippen LogP) is 8.24. The lowest BCUT2D eigenvalue weighted by Gasteiger charge is -2.70. The number of nitrogens with one attached hydrogen (secondary N) is 1. The average Bonchev–Trinajstić information content (AvgIpc) is 2.96. The fourth-order valence-corrected chi connectivity index (χ4v) is 11.8. The highest BCUT2D eigenvalue weighted by Gasteiger charge is 2.70. The number of benzene rings is 1. The number of hydrogen-bond donors (Lipinski definition) is 2. The molecular weight excluding hydrogens is 578 g/mol. The number of para-hydroxylation sites is 1. The number of carbonyl (C=O) groups is 4. The van der Waals surface area contributed by atoms with Gasteiger partial charge in [0, 0.05) is 23.7 Å². The summed E-state index contributed by atoms with van der Waals surface area (Å²) in [5, 5.41) is 12.7. The van der Waals surface area contributed by atoms with E-state index in [1.165, 1.54) is 18.6 Å². The molecule has 1 aromatic carbocycles. The Morgan fingerprint density at radius 2 is 1.57 bits per heavy atom. The molecule has 7 nitrogen and oxygen atoms in total. The molecule has 0 spiro atoms. The average molecular weight is 632 g/mol. The molecule has 0 saturated heterocycles. The number of ether oxygens (including phenoxy) is 1. The van der Waals surface area contributed by atoms with E-state index in [0.717, 1.165) is 51.4 Å². The van der Waals surface area contributed by atoms with Gasteiger partial charge in [-0.1, -0.05) is 66.2 Å². The van der Waals surface area contributed by atoms with Crippen LogP contribution in [-0.2, 0) is 19.1 Å². The van der Waals surface area contributed by atoms with Gasteiger partial charge in [0.05, 0.1) is 11.3 Å². The second-order valence-electron chi connectivity index (χ2n) is 17.5. The summed E-state index contributed by atoms with van der Waals surface area (Å²) < 4.78 is 5.86. The molecular formula is C39H53NO6. The Hall–Kier alpha value is -2.96. The van der Waals surface area contributed by atoms with Crippen LogP contribution < -0.4 is 5.32 Å². The number of amides is 1. The van der Waals surface area contributed by atoms with Crippen molar-refractivity contribution in [2.24, 2.45) is 50.2 Å². The lowest BCUT2D eigenvalue weighted by Crippen LogP contribution is -2.66. The van der Waals surface area contributed by atoms with Gasteiger partial charge >= 0.3 is 11.9 Å². The van der Waals surface area contributed by atoms with Crippen LogP contribution in [0.25, 0.3) is 0 Å². The van der Waals surface area contributed by atoms with Crippen LogP contribution in [-0.4, -0.2) is 34.8 Å². The Balaban J connectivity index is 1.35. The first-order valence-corrected chi connectivity index (χ1v) is 17.4. The van der Waals surface area contributed by atoms with Gasteiger partial charge in [0.2, 0.25) is 5.91 Å². The van der Waals surface area contributed by atoms with Crippen LogP contribution in [0.15, 0.2) is 35.9 Å². The van der Waals surface area contributed by atoms with Crippen molar-refractivity contribution >= 4 is 29.3 Å². The summed E-state index contributed by atoms with van der Waals surface area (Å²) >= 11 is 0. The molecule has 6 rings (SSSR count). The summed E-state index contributed by atoms with van der Waals surface area (Å²) in [5.74, 6) is -0.972. The smallest absolute Gasteiger partial charge is 0.337 e. The molecule has 4 saturated carbocycles. The fourth-order valence-electron chi connectivity index (χ4n) is 11.8. The minimum atomic E-state index is -1.07. The number of carbonyl (C=O) groups excluding carboxylic acids is 3. The molecule has 2 N–H and O–H groups in total. The topological polar surface area (TPSA) is 110 Å². The maximum absolute atomic E-state index is 14.7. The van der Waals surface area contributed by atoms with Crippen LogP contribution in [0.3, 0.4) is 0 Å². The van der Waals surface area contributed by atoms with Crippen LogP contribution in [0.2, 0.25) is 0 Å². The number of allylic oxidation sites excluding steroid dienone is 2. The Morgan fingerprint density at radius 1 is 0.891 bits per heavy atom. The predicted molar refractivity (Wildman–Crippen MR) is 177 cm³/mol. The van der Waals surface area contributed by atoms with Gasteiger partial charge in [-0.3, -0.25) is 14.4 Å². The van der Waals surface area contributed by atoms with Gasteiger partial charge in [0.25, 0.3) is 0 Å². The third-order valence-electron chi connectivity index (χ3n) is 14.8. The molecule has 1 aromatic rings. The summed E-state index contributed by atoms with van der Waals surface area (Å²) in [5.41, 5.74) is 0.123. The first-order chi connectivity index (χ1) is 21.3. The summed E-state index contributed by atoms with van der Waals surface area (Å²) in [6.07, 6.45) is 9.78. The molecule has 5 aliphatic rings. The molecule has 250 valence electrons. The van der Waals surface area contributed by atoms with Gasteiger partial charge in [-0.05, 0) is 109 Å². The van der Waals surface area contributed by atoms with E-state index in [-0.39, 0.29) is 74.2 Å². The molecule has 0 unspecified atom stereocenters. The van der Waals surface area contributed by atoms with E-state index in [1.807, 2.05) is 13.0 Å². The van der Waals surface area contributed by atoms with E-state index in [0.29, 0.717) is 12.1 Å². The number of aromatic carboxylic acids is 1. The molecule has 0 radical (unpaired) electrons. The van der Waals surface area contributed by atoms with Crippen molar-refractivity contribution in [1.29, 1.82) is 0 Å². The number of hydrogen-bond acceptors (Lipinski definition) is 5. The second-order valence-corrected chi connectivity index (χ2v) is 17.5. The Morgan fingerprint density at radius 3 is 2.24 bits per heavy atom. The zero-order valence-corrected chi connectivity index (χ0v) is 29.0. The van der Waals surface area contributed by atoms with Gasteiger partial charge < -0.3 is 15.2 Å². The highest BCUT2D eigenvalue weighted by Crippen LogP contribution is 2.75. The van der Waals surface area contributed by atoms with Crippen molar-refractivity contribution in [3.63, 3.8) is 0 Å². The Bertz CT molecular complexity index is 1530. The third-order valence-corrected chi connectivity index (χ3v) is 14.8. The summed E-state index contributed by atoms with van der Waals surface area (Å²) in [6, 6.07) is 6.57. The minimum absolute atomic E-state index is 0.00122.